The van der Waals surface area contributed by atoms with E-state index < -0.39 is 0 Å². The zero-order valence-electron chi connectivity index (χ0n) is 15.7. The number of benzene rings is 2. The summed E-state index contributed by atoms with van der Waals surface area (Å²) in [5.41, 5.74) is 5.54. The van der Waals surface area contributed by atoms with Crippen LogP contribution in [0.4, 0.5) is 0 Å². The van der Waals surface area contributed by atoms with Gasteiger partial charge >= 0.3 is 0 Å². The van der Waals surface area contributed by atoms with Crippen LogP contribution in [0.3, 0.4) is 0 Å². The minimum absolute atomic E-state index is 0.571. The Bertz CT molecular complexity index is 701. The second kappa shape index (κ2) is 8.91. The Labute approximate surface area is 153 Å². The molecule has 2 aromatic carbocycles. The van der Waals surface area contributed by atoms with Crippen LogP contribution in [0.2, 0.25) is 0 Å². The van der Waals surface area contributed by atoms with Gasteiger partial charge in [-0.05, 0) is 73.3 Å². The first-order valence-electron chi connectivity index (χ1n) is 9.97. The third-order valence-corrected chi connectivity index (χ3v) is 5.50. The van der Waals surface area contributed by atoms with Gasteiger partial charge < -0.3 is 0 Å². The molecule has 2 aromatic rings. The highest BCUT2D eigenvalue weighted by atomic mass is 14.2. The molecule has 0 radical (unpaired) electrons. The van der Waals surface area contributed by atoms with Crippen LogP contribution in [0.1, 0.15) is 74.1 Å². The van der Waals surface area contributed by atoms with Crippen LogP contribution in [0.5, 0.6) is 0 Å². The molecule has 0 heterocycles. The van der Waals surface area contributed by atoms with E-state index in [-0.39, 0.29) is 0 Å². The Kier molecular flexibility index (Phi) is 6.35. The first-order chi connectivity index (χ1) is 12.3. The molecule has 0 bridgehead atoms. The Morgan fingerprint density at radius 2 is 1.44 bits per heavy atom. The molecule has 1 aliphatic carbocycles. The van der Waals surface area contributed by atoms with Crippen molar-refractivity contribution in [3.63, 3.8) is 0 Å². The highest BCUT2D eigenvalue weighted by Crippen LogP contribution is 2.35. The Hall–Kier alpha value is -2.00. The summed E-state index contributed by atoms with van der Waals surface area (Å²) in [5.74, 6) is 8.24. The lowest BCUT2D eigenvalue weighted by atomic mass is 9.79. The Balaban J connectivity index is 1.54. The van der Waals surface area contributed by atoms with Gasteiger partial charge in [-0.25, -0.2) is 0 Å². The van der Waals surface area contributed by atoms with E-state index in [4.69, 9.17) is 0 Å². The van der Waals surface area contributed by atoms with Crippen LogP contribution in [-0.4, -0.2) is 0 Å². The summed E-state index contributed by atoms with van der Waals surface area (Å²) in [4.78, 5) is 0. The maximum atomic E-state index is 3.53. The van der Waals surface area contributed by atoms with Crippen LogP contribution in [0.15, 0.2) is 48.5 Å². The van der Waals surface area contributed by atoms with Gasteiger partial charge in [0.1, 0.15) is 0 Å². The number of aryl methyl sites for hydroxylation is 2. The molecule has 1 fully saturated rings. The Morgan fingerprint density at radius 1 is 0.800 bits per heavy atom. The van der Waals surface area contributed by atoms with E-state index in [1.54, 1.807) is 0 Å². The zero-order chi connectivity index (χ0) is 17.5. The van der Waals surface area contributed by atoms with Gasteiger partial charge in [0.2, 0.25) is 0 Å². The van der Waals surface area contributed by atoms with Crippen LogP contribution in [0, 0.1) is 17.8 Å². The van der Waals surface area contributed by atoms with E-state index in [2.05, 4.69) is 74.2 Å². The second-order valence-electron chi connectivity index (χ2n) is 7.36. The molecule has 130 valence electrons. The van der Waals surface area contributed by atoms with Gasteiger partial charge in [-0.15, -0.1) is 0 Å². The average Bonchev–Trinajstić information content (AvgIpc) is 2.68. The molecule has 0 aliphatic heterocycles. The molecule has 0 nitrogen and oxygen atoms in total. The fraction of sp³-hybridized carbons (Fsp3) is 0.440. The molecule has 0 spiro atoms. The van der Waals surface area contributed by atoms with E-state index in [1.165, 1.54) is 48.8 Å². The third-order valence-electron chi connectivity index (χ3n) is 5.50. The summed E-state index contributed by atoms with van der Waals surface area (Å²) >= 11 is 0. The molecule has 0 heteroatoms. The number of hydrogen-bond donors (Lipinski definition) is 0. The van der Waals surface area contributed by atoms with Crippen molar-refractivity contribution < 1.29 is 0 Å². The molecule has 1 aliphatic rings. The van der Waals surface area contributed by atoms with Gasteiger partial charge in [0.15, 0.2) is 0 Å². The van der Waals surface area contributed by atoms with Crippen molar-refractivity contribution in [2.75, 3.05) is 0 Å². The SMILES string of the molecule is CCCc1ccc(C#C[C@H]2CC[C@H](c3ccc(CC)cc3)CC2)cc1. The summed E-state index contributed by atoms with van der Waals surface area (Å²) in [7, 11) is 0. The molecule has 1 saturated carbocycles. The molecule has 25 heavy (non-hydrogen) atoms. The molecule has 0 amide bonds. The summed E-state index contributed by atoms with van der Waals surface area (Å²) in [6.07, 6.45) is 8.52. The molecule has 0 N–H and O–H groups in total. The quantitative estimate of drug-likeness (QED) is 0.559. The second-order valence-corrected chi connectivity index (χ2v) is 7.36. The lowest BCUT2D eigenvalue weighted by molar-refractivity contribution is 0.384. The highest BCUT2D eigenvalue weighted by Gasteiger charge is 2.21. The fourth-order valence-corrected chi connectivity index (χ4v) is 3.83. The van der Waals surface area contributed by atoms with Crippen LogP contribution >= 0.6 is 0 Å². The minimum Gasteiger partial charge on any atom is -0.0945 e. The van der Waals surface area contributed by atoms with Crippen LogP contribution in [-0.2, 0) is 12.8 Å². The van der Waals surface area contributed by atoms with Crippen molar-refractivity contribution in [2.24, 2.45) is 5.92 Å². The summed E-state index contributed by atoms with van der Waals surface area (Å²) in [5, 5.41) is 0. The van der Waals surface area contributed by atoms with Gasteiger partial charge in [0.05, 0.1) is 0 Å². The Morgan fingerprint density at radius 3 is 2.04 bits per heavy atom. The van der Waals surface area contributed by atoms with E-state index in [9.17, 15) is 0 Å². The average molecular weight is 331 g/mol. The van der Waals surface area contributed by atoms with Crippen molar-refractivity contribution in [2.45, 2.75) is 64.7 Å². The number of rotatable bonds is 4. The van der Waals surface area contributed by atoms with Gasteiger partial charge in [-0.1, -0.05) is 68.5 Å². The van der Waals surface area contributed by atoms with Crippen molar-refractivity contribution in [1.29, 1.82) is 0 Å². The molecule has 0 saturated heterocycles. The van der Waals surface area contributed by atoms with Crippen molar-refractivity contribution in [3.8, 4) is 11.8 Å². The number of hydrogen-bond acceptors (Lipinski definition) is 0. The van der Waals surface area contributed by atoms with E-state index in [1.807, 2.05) is 0 Å². The largest absolute Gasteiger partial charge is 0.0945 e. The molecular formula is C25H30. The maximum Gasteiger partial charge on any atom is 0.0245 e. The minimum atomic E-state index is 0.571. The maximum absolute atomic E-state index is 3.53. The van der Waals surface area contributed by atoms with Gasteiger partial charge in [0, 0.05) is 11.5 Å². The summed E-state index contributed by atoms with van der Waals surface area (Å²) in [6, 6.07) is 18.1. The van der Waals surface area contributed by atoms with E-state index >= 15 is 0 Å². The third kappa shape index (κ3) is 4.99. The molecule has 0 aromatic heterocycles. The normalized spacial score (nSPS) is 19.9. The van der Waals surface area contributed by atoms with Gasteiger partial charge in [0.25, 0.3) is 0 Å². The molecular weight excluding hydrogens is 300 g/mol. The monoisotopic (exact) mass is 330 g/mol. The predicted octanol–water partition coefficient (Wildman–Crippen LogP) is 6.53. The highest BCUT2D eigenvalue weighted by molar-refractivity contribution is 5.37. The van der Waals surface area contributed by atoms with Crippen molar-refractivity contribution in [3.05, 3.63) is 70.8 Å². The lowest BCUT2D eigenvalue weighted by Crippen LogP contribution is -2.12. The first-order valence-corrected chi connectivity index (χ1v) is 9.97. The summed E-state index contributed by atoms with van der Waals surface area (Å²) in [6.45, 7) is 4.44. The van der Waals surface area contributed by atoms with Crippen LogP contribution < -0.4 is 0 Å². The predicted molar refractivity (Wildman–Crippen MR) is 108 cm³/mol. The summed E-state index contributed by atoms with van der Waals surface area (Å²) < 4.78 is 0. The first kappa shape index (κ1) is 17.8. The molecule has 0 unspecified atom stereocenters. The van der Waals surface area contributed by atoms with Gasteiger partial charge in [-0.2, -0.15) is 0 Å². The molecule has 0 atom stereocenters. The lowest BCUT2D eigenvalue weighted by Gasteiger charge is -2.26. The van der Waals surface area contributed by atoms with Gasteiger partial charge in [-0.3, -0.25) is 0 Å². The molecule has 3 rings (SSSR count). The topological polar surface area (TPSA) is 0 Å². The smallest absolute Gasteiger partial charge is 0.0245 e. The van der Waals surface area contributed by atoms with E-state index in [0.29, 0.717) is 5.92 Å². The van der Waals surface area contributed by atoms with E-state index in [0.717, 1.165) is 24.3 Å². The van der Waals surface area contributed by atoms with Crippen molar-refractivity contribution >= 4 is 0 Å². The standard InChI is InChI=1S/C25H30/c1-3-5-21-6-8-22(9-7-21)10-11-23-14-18-25(19-15-23)24-16-12-20(4-2)13-17-24/h6-9,12-13,16-17,23,25H,3-5,14-15,18-19H2,1-2H3/t23-,25-. The van der Waals surface area contributed by atoms with Crippen LogP contribution in [0.25, 0.3) is 0 Å². The zero-order valence-corrected chi connectivity index (χ0v) is 15.7. The fourth-order valence-electron chi connectivity index (χ4n) is 3.83. The van der Waals surface area contributed by atoms with Crippen molar-refractivity contribution in [1.82, 2.24) is 0 Å².